The molecule has 1 aliphatic carbocycles. The van der Waals surface area contributed by atoms with Gasteiger partial charge in [-0.25, -0.2) is 0 Å². The number of anilines is 1. The molecule has 2 aromatic carbocycles. The van der Waals surface area contributed by atoms with E-state index in [1.807, 2.05) is 36.0 Å². The third kappa shape index (κ3) is 5.14. The molecule has 2 unspecified atom stereocenters. The largest absolute Gasteiger partial charge is 0.416 e. The smallest absolute Gasteiger partial charge is 0.322 e. The number of carbonyl (C=O) groups excluding carboxylic acids is 1. The summed E-state index contributed by atoms with van der Waals surface area (Å²) in [6, 6.07) is 13.2. The number of thioether (sulfide) groups is 1. The zero-order valence-electron chi connectivity index (χ0n) is 15.8. The van der Waals surface area contributed by atoms with Gasteiger partial charge in [0.1, 0.15) is 0 Å². The Hall–Kier alpha value is -1.99. The number of hydrogen-bond acceptors (Lipinski definition) is 3. The molecular weight excluding hydrogens is 397 g/mol. The maximum Gasteiger partial charge on any atom is 0.416 e. The van der Waals surface area contributed by atoms with Crippen LogP contribution in [-0.4, -0.2) is 29.5 Å². The summed E-state index contributed by atoms with van der Waals surface area (Å²) in [5, 5.41) is 6.43. The summed E-state index contributed by atoms with van der Waals surface area (Å²) in [4.78, 5) is 12.3. The first-order chi connectivity index (χ1) is 13.9. The number of benzene rings is 2. The van der Waals surface area contributed by atoms with Crippen LogP contribution in [0.2, 0.25) is 0 Å². The Kier molecular flexibility index (Phi) is 5.88. The summed E-state index contributed by atoms with van der Waals surface area (Å²) >= 11 is 2.02. The SMILES string of the molecule is O=C(Nc1ccc(C2CC2NC2CCSCC2)cc1)c1cccc(C(F)(F)F)c1. The fourth-order valence-corrected chi connectivity index (χ4v) is 4.87. The number of amides is 1. The second-order valence-corrected chi connectivity index (χ2v) is 8.88. The maximum absolute atomic E-state index is 12.8. The molecule has 2 aliphatic rings. The van der Waals surface area contributed by atoms with Crippen molar-refractivity contribution in [2.24, 2.45) is 0 Å². The van der Waals surface area contributed by atoms with Crippen molar-refractivity contribution in [3.05, 3.63) is 65.2 Å². The van der Waals surface area contributed by atoms with Gasteiger partial charge in [0.25, 0.3) is 5.91 Å². The Bertz CT molecular complexity index is 863. The maximum atomic E-state index is 12.8. The lowest BCUT2D eigenvalue weighted by molar-refractivity contribution is -0.137. The van der Waals surface area contributed by atoms with Crippen molar-refractivity contribution in [3.8, 4) is 0 Å². The van der Waals surface area contributed by atoms with E-state index in [9.17, 15) is 18.0 Å². The molecule has 1 saturated heterocycles. The molecule has 3 nitrogen and oxygen atoms in total. The summed E-state index contributed by atoms with van der Waals surface area (Å²) in [6.45, 7) is 0. The second-order valence-electron chi connectivity index (χ2n) is 7.66. The van der Waals surface area contributed by atoms with E-state index in [2.05, 4.69) is 10.6 Å². The molecule has 2 N–H and O–H groups in total. The molecule has 1 amide bonds. The lowest BCUT2D eigenvalue weighted by atomic mass is 10.1. The summed E-state index contributed by atoms with van der Waals surface area (Å²) in [5.41, 5.74) is 0.959. The van der Waals surface area contributed by atoms with Gasteiger partial charge in [-0.3, -0.25) is 4.79 Å². The standard InChI is InChI=1S/C22H23F3N2OS/c23-22(24,25)16-3-1-2-15(12-16)21(28)27-17-6-4-14(5-7-17)19-13-20(19)26-18-8-10-29-11-9-18/h1-7,12,18-20,26H,8-11,13H2,(H,27,28). The monoisotopic (exact) mass is 420 g/mol. The van der Waals surface area contributed by atoms with E-state index in [-0.39, 0.29) is 5.56 Å². The van der Waals surface area contributed by atoms with E-state index < -0.39 is 17.6 Å². The third-order valence-corrected chi connectivity index (χ3v) is 6.56. The molecule has 2 fully saturated rings. The van der Waals surface area contributed by atoms with Crippen LogP contribution < -0.4 is 10.6 Å². The number of rotatable bonds is 5. The number of halogens is 3. The number of hydrogen-bond donors (Lipinski definition) is 2. The van der Waals surface area contributed by atoms with Gasteiger partial charge in [0.15, 0.2) is 0 Å². The first kappa shape index (κ1) is 20.3. The van der Waals surface area contributed by atoms with Crippen molar-refractivity contribution in [2.45, 2.75) is 43.4 Å². The Morgan fingerprint density at radius 1 is 1.03 bits per heavy atom. The van der Waals surface area contributed by atoms with E-state index in [0.29, 0.717) is 23.7 Å². The fourth-order valence-electron chi connectivity index (χ4n) is 3.77. The van der Waals surface area contributed by atoms with Gasteiger partial charge in [-0.2, -0.15) is 24.9 Å². The Labute approximate surface area is 172 Å². The Morgan fingerprint density at radius 3 is 2.45 bits per heavy atom. The van der Waals surface area contributed by atoms with Crippen LogP contribution >= 0.6 is 11.8 Å². The summed E-state index contributed by atoms with van der Waals surface area (Å²) in [6.07, 6.45) is -0.883. The van der Waals surface area contributed by atoms with Crippen LogP contribution in [0, 0.1) is 0 Å². The van der Waals surface area contributed by atoms with Gasteiger partial charge in [-0.05, 0) is 66.7 Å². The highest BCUT2D eigenvalue weighted by molar-refractivity contribution is 7.99. The van der Waals surface area contributed by atoms with E-state index in [4.69, 9.17) is 0 Å². The van der Waals surface area contributed by atoms with Crippen molar-refractivity contribution in [2.75, 3.05) is 16.8 Å². The van der Waals surface area contributed by atoms with Crippen molar-refractivity contribution < 1.29 is 18.0 Å². The summed E-state index contributed by atoms with van der Waals surface area (Å²) < 4.78 is 38.5. The lowest BCUT2D eigenvalue weighted by Gasteiger charge is -2.22. The zero-order chi connectivity index (χ0) is 20.4. The molecule has 2 atom stereocenters. The highest BCUT2D eigenvalue weighted by atomic mass is 32.2. The molecule has 0 radical (unpaired) electrons. The molecule has 1 heterocycles. The topological polar surface area (TPSA) is 41.1 Å². The average molecular weight is 420 g/mol. The van der Waals surface area contributed by atoms with Gasteiger partial charge < -0.3 is 10.6 Å². The van der Waals surface area contributed by atoms with Crippen LogP contribution in [0.4, 0.5) is 18.9 Å². The first-order valence-corrected chi connectivity index (χ1v) is 11.0. The number of nitrogens with one attached hydrogen (secondary N) is 2. The van der Waals surface area contributed by atoms with Crippen LogP contribution in [0.25, 0.3) is 0 Å². The minimum absolute atomic E-state index is 0.0130. The fraction of sp³-hybridized carbons (Fsp3) is 0.409. The van der Waals surface area contributed by atoms with Crippen molar-refractivity contribution in [1.29, 1.82) is 0 Å². The third-order valence-electron chi connectivity index (χ3n) is 5.51. The number of carbonyl (C=O) groups is 1. The molecule has 0 bridgehead atoms. The van der Waals surface area contributed by atoms with Crippen molar-refractivity contribution in [3.63, 3.8) is 0 Å². The molecule has 4 rings (SSSR count). The minimum atomic E-state index is -4.47. The normalized spacial score (nSPS) is 22.3. The predicted octanol–water partition coefficient (Wildman–Crippen LogP) is 5.30. The van der Waals surface area contributed by atoms with Gasteiger partial charge in [-0.1, -0.05) is 18.2 Å². The summed E-state index contributed by atoms with van der Waals surface area (Å²) in [5.74, 6) is 2.41. The Balaban J connectivity index is 1.33. The van der Waals surface area contributed by atoms with Crippen LogP contribution in [0.15, 0.2) is 48.5 Å². The van der Waals surface area contributed by atoms with E-state index >= 15 is 0 Å². The van der Waals surface area contributed by atoms with Gasteiger partial charge in [0.2, 0.25) is 0 Å². The molecule has 29 heavy (non-hydrogen) atoms. The van der Waals surface area contributed by atoms with E-state index in [1.54, 1.807) is 0 Å². The van der Waals surface area contributed by atoms with Crippen molar-refractivity contribution >= 4 is 23.4 Å². The van der Waals surface area contributed by atoms with Crippen LogP contribution in [-0.2, 0) is 6.18 Å². The van der Waals surface area contributed by atoms with Gasteiger partial charge >= 0.3 is 6.18 Å². The Morgan fingerprint density at radius 2 is 1.76 bits per heavy atom. The van der Waals surface area contributed by atoms with Crippen molar-refractivity contribution in [1.82, 2.24) is 5.32 Å². The van der Waals surface area contributed by atoms with Gasteiger partial charge in [0, 0.05) is 29.3 Å². The second kappa shape index (κ2) is 8.40. The van der Waals surface area contributed by atoms with Gasteiger partial charge in [0.05, 0.1) is 5.56 Å². The number of alkyl halides is 3. The van der Waals surface area contributed by atoms with E-state index in [1.165, 1.54) is 42.0 Å². The minimum Gasteiger partial charge on any atom is -0.322 e. The molecular formula is C22H23F3N2OS. The molecule has 7 heteroatoms. The van der Waals surface area contributed by atoms with Crippen LogP contribution in [0.1, 0.15) is 46.7 Å². The highest BCUT2D eigenvalue weighted by Crippen LogP contribution is 2.42. The lowest BCUT2D eigenvalue weighted by Crippen LogP contribution is -2.34. The van der Waals surface area contributed by atoms with Crippen LogP contribution in [0.5, 0.6) is 0 Å². The highest BCUT2D eigenvalue weighted by Gasteiger charge is 2.39. The predicted molar refractivity (Wildman–Crippen MR) is 110 cm³/mol. The molecule has 1 aliphatic heterocycles. The molecule has 2 aromatic rings. The van der Waals surface area contributed by atoms with Gasteiger partial charge in [-0.15, -0.1) is 0 Å². The zero-order valence-corrected chi connectivity index (χ0v) is 16.7. The molecule has 0 aromatic heterocycles. The molecule has 154 valence electrons. The first-order valence-electron chi connectivity index (χ1n) is 9.82. The van der Waals surface area contributed by atoms with Crippen LogP contribution in [0.3, 0.4) is 0 Å². The van der Waals surface area contributed by atoms with E-state index in [0.717, 1.165) is 18.6 Å². The quantitative estimate of drug-likeness (QED) is 0.690. The molecule has 0 spiro atoms. The summed E-state index contributed by atoms with van der Waals surface area (Å²) in [7, 11) is 0. The average Bonchev–Trinajstić information content (AvgIpc) is 3.48. The molecule has 1 saturated carbocycles.